The van der Waals surface area contributed by atoms with Crippen molar-refractivity contribution in [3.8, 4) is 17.2 Å². The quantitative estimate of drug-likeness (QED) is 0.764. The molecule has 4 heteroatoms. The number of Topliss-reactive ketones (excluding diaryl/α,β-unsaturated/α-hetero) is 1. The summed E-state index contributed by atoms with van der Waals surface area (Å²) in [5.41, 5.74) is 2.31. The number of ketones is 1. The maximum Gasteiger partial charge on any atom is 0.231 e. The Kier molecular flexibility index (Phi) is 4.56. The van der Waals surface area contributed by atoms with Crippen LogP contribution in [-0.4, -0.2) is 19.0 Å². The van der Waals surface area contributed by atoms with Crippen LogP contribution in [0.15, 0.2) is 42.2 Å². The van der Waals surface area contributed by atoms with E-state index in [4.69, 9.17) is 14.2 Å². The Morgan fingerprint density at radius 3 is 2.38 bits per heavy atom. The molecule has 0 saturated carbocycles. The summed E-state index contributed by atoms with van der Waals surface area (Å²) in [5.74, 6) is 2.35. The summed E-state index contributed by atoms with van der Waals surface area (Å²) in [6, 6.07) is 11.1. The van der Waals surface area contributed by atoms with E-state index in [1.165, 1.54) is 0 Å². The van der Waals surface area contributed by atoms with Crippen molar-refractivity contribution >= 4 is 11.9 Å². The highest BCUT2D eigenvalue weighted by Gasteiger charge is 2.30. The Labute approximate surface area is 141 Å². The van der Waals surface area contributed by atoms with Crippen LogP contribution < -0.4 is 14.2 Å². The first-order valence-corrected chi connectivity index (χ1v) is 8.07. The van der Waals surface area contributed by atoms with E-state index in [-0.39, 0.29) is 5.78 Å². The molecule has 3 rings (SSSR count). The molecule has 0 bridgehead atoms. The van der Waals surface area contributed by atoms with Gasteiger partial charge in [0.15, 0.2) is 5.76 Å². The summed E-state index contributed by atoms with van der Waals surface area (Å²) >= 11 is 0. The van der Waals surface area contributed by atoms with E-state index in [0.29, 0.717) is 30.3 Å². The zero-order valence-electron chi connectivity index (χ0n) is 14.1. The highest BCUT2D eigenvalue weighted by atomic mass is 16.5. The van der Waals surface area contributed by atoms with Crippen LogP contribution in [0, 0.1) is 6.92 Å². The molecule has 0 N–H and O–H groups in total. The molecule has 0 aliphatic carbocycles. The van der Waals surface area contributed by atoms with Gasteiger partial charge in [-0.1, -0.05) is 12.1 Å². The minimum atomic E-state index is -0.106. The minimum Gasteiger partial charge on any atom is -0.494 e. The highest BCUT2D eigenvalue weighted by Crippen LogP contribution is 2.39. The molecule has 1 heterocycles. The topological polar surface area (TPSA) is 44.8 Å². The van der Waals surface area contributed by atoms with Crippen LogP contribution in [0.25, 0.3) is 6.08 Å². The van der Waals surface area contributed by atoms with E-state index >= 15 is 0 Å². The van der Waals surface area contributed by atoms with Crippen LogP contribution in [-0.2, 0) is 0 Å². The third-order valence-corrected chi connectivity index (χ3v) is 3.83. The second kappa shape index (κ2) is 6.79. The lowest BCUT2D eigenvalue weighted by molar-refractivity contribution is 0.101. The van der Waals surface area contributed by atoms with Gasteiger partial charge in [0.25, 0.3) is 0 Å². The summed E-state index contributed by atoms with van der Waals surface area (Å²) in [7, 11) is 0. The molecule has 0 atom stereocenters. The van der Waals surface area contributed by atoms with Gasteiger partial charge in [0.1, 0.15) is 17.2 Å². The Morgan fingerprint density at radius 1 is 1.00 bits per heavy atom. The van der Waals surface area contributed by atoms with Crippen molar-refractivity contribution < 1.29 is 19.0 Å². The number of hydrogen-bond acceptors (Lipinski definition) is 4. The predicted molar refractivity (Wildman–Crippen MR) is 92.9 cm³/mol. The Morgan fingerprint density at radius 2 is 1.71 bits per heavy atom. The minimum absolute atomic E-state index is 0.106. The Balaban J connectivity index is 1.88. The summed E-state index contributed by atoms with van der Waals surface area (Å²) in [6.07, 6.45) is 1.75. The summed E-state index contributed by atoms with van der Waals surface area (Å²) in [5, 5.41) is 0. The van der Waals surface area contributed by atoms with E-state index < -0.39 is 0 Å². The van der Waals surface area contributed by atoms with Crippen molar-refractivity contribution in [2.45, 2.75) is 20.8 Å². The maximum atomic E-state index is 12.5. The van der Waals surface area contributed by atoms with E-state index in [0.717, 1.165) is 22.6 Å². The van der Waals surface area contributed by atoms with Gasteiger partial charge in [-0.05, 0) is 56.7 Å². The van der Waals surface area contributed by atoms with Gasteiger partial charge < -0.3 is 14.2 Å². The Hall–Kier alpha value is -2.75. The van der Waals surface area contributed by atoms with Crippen molar-refractivity contribution in [3.05, 3.63) is 58.8 Å². The van der Waals surface area contributed by atoms with Crippen molar-refractivity contribution in [3.63, 3.8) is 0 Å². The molecule has 0 unspecified atom stereocenters. The van der Waals surface area contributed by atoms with Gasteiger partial charge in [-0.3, -0.25) is 4.79 Å². The van der Waals surface area contributed by atoms with Crippen LogP contribution in [0.2, 0.25) is 0 Å². The van der Waals surface area contributed by atoms with Crippen molar-refractivity contribution in [1.82, 2.24) is 0 Å². The lowest BCUT2D eigenvalue weighted by Crippen LogP contribution is -1.98. The van der Waals surface area contributed by atoms with Gasteiger partial charge in [0.2, 0.25) is 5.78 Å². The zero-order valence-corrected chi connectivity index (χ0v) is 14.1. The molecular weight excluding hydrogens is 304 g/mol. The number of ether oxygens (including phenoxy) is 3. The van der Waals surface area contributed by atoms with Crippen LogP contribution >= 0.6 is 0 Å². The molecule has 0 amide bonds. The molecule has 124 valence electrons. The molecule has 1 aliphatic heterocycles. The Bertz CT molecular complexity index is 788. The third-order valence-electron chi connectivity index (χ3n) is 3.83. The fourth-order valence-corrected chi connectivity index (χ4v) is 2.66. The summed E-state index contributed by atoms with van der Waals surface area (Å²) in [6.45, 7) is 6.96. The monoisotopic (exact) mass is 324 g/mol. The molecule has 0 fully saturated rings. The fourth-order valence-electron chi connectivity index (χ4n) is 2.66. The second-order valence-corrected chi connectivity index (χ2v) is 5.44. The molecule has 24 heavy (non-hydrogen) atoms. The number of carbonyl (C=O) groups is 1. The number of benzene rings is 2. The molecule has 4 nitrogen and oxygen atoms in total. The molecule has 0 spiro atoms. The summed E-state index contributed by atoms with van der Waals surface area (Å²) < 4.78 is 16.8. The van der Waals surface area contributed by atoms with Gasteiger partial charge in [-0.25, -0.2) is 0 Å². The first-order valence-electron chi connectivity index (χ1n) is 8.07. The van der Waals surface area contributed by atoms with Gasteiger partial charge >= 0.3 is 0 Å². The molecule has 0 saturated heterocycles. The van der Waals surface area contributed by atoms with Crippen LogP contribution in [0.3, 0.4) is 0 Å². The number of allylic oxidation sites excluding steroid dienone is 1. The molecule has 2 aromatic carbocycles. The number of fused-ring (bicyclic) bond motifs is 1. The fraction of sp³-hybridized carbons (Fsp3) is 0.250. The van der Waals surface area contributed by atoms with Gasteiger partial charge in [-0.15, -0.1) is 0 Å². The molecular formula is C20H20O4. The molecule has 2 aromatic rings. The zero-order chi connectivity index (χ0) is 17.1. The van der Waals surface area contributed by atoms with Crippen LogP contribution in [0.1, 0.15) is 35.3 Å². The van der Waals surface area contributed by atoms with Gasteiger partial charge in [0.05, 0.1) is 18.8 Å². The first-order chi connectivity index (χ1) is 11.6. The largest absolute Gasteiger partial charge is 0.494 e. The smallest absolute Gasteiger partial charge is 0.231 e. The number of hydrogen-bond donors (Lipinski definition) is 0. The molecule has 1 aliphatic rings. The maximum absolute atomic E-state index is 12.5. The second-order valence-electron chi connectivity index (χ2n) is 5.44. The normalized spacial score (nSPS) is 14.5. The lowest BCUT2D eigenvalue weighted by Gasteiger charge is -2.09. The van der Waals surface area contributed by atoms with E-state index in [9.17, 15) is 4.79 Å². The highest BCUT2D eigenvalue weighted by molar-refractivity contribution is 6.14. The number of rotatable bonds is 5. The standard InChI is InChI=1S/C20H20O4/c1-4-22-15-8-6-14(7-9-15)12-18-19(21)16-10-11-17(23-5-2)13(3)20(16)24-18/h6-12H,4-5H2,1-3H3/b18-12-. The van der Waals surface area contributed by atoms with Crippen molar-refractivity contribution in [2.75, 3.05) is 13.2 Å². The van der Waals surface area contributed by atoms with Crippen molar-refractivity contribution in [1.29, 1.82) is 0 Å². The van der Waals surface area contributed by atoms with Crippen LogP contribution in [0.4, 0.5) is 0 Å². The van der Waals surface area contributed by atoms with E-state index in [1.807, 2.05) is 51.1 Å². The SMILES string of the molecule is CCOc1ccc(/C=C2\Oc3c(ccc(OCC)c3C)C2=O)cc1. The van der Waals surface area contributed by atoms with E-state index in [2.05, 4.69) is 0 Å². The average Bonchev–Trinajstić information content (AvgIpc) is 2.90. The van der Waals surface area contributed by atoms with Gasteiger partial charge in [-0.2, -0.15) is 0 Å². The summed E-state index contributed by atoms with van der Waals surface area (Å²) in [4.78, 5) is 12.5. The predicted octanol–water partition coefficient (Wildman–Crippen LogP) is 4.41. The molecule has 0 radical (unpaired) electrons. The molecule has 0 aromatic heterocycles. The lowest BCUT2D eigenvalue weighted by atomic mass is 10.1. The van der Waals surface area contributed by atoms with Crippen LogP contribution in [0.5, 0.6) is 17.2 Å². The van der Waals surface area contributed by atoms with Crippen molar-refractivity contribution in [2.24, 2.45) is 0 Å². The third kappa shape index (κ3) is 3.00. The first kappa shape index (κ1) is 16.1. The van der Waals surface area contributed by atoms with Gasteiger partial charge in [0, 0.05) is 5.56 Å². The number of carbonyl (C=O) groups excluding carboxylic acids is 1. The average molecular weight is 324 g/mol. The van der Waals surface area contributed by atoms with E-state index in [1.54, 1.807) is 12.1 Å².